The summed E-state index contributed by atoms with van der Waals surface area (Å²) in [5, 5.41) is 0. The number of rotatable bonds is 2. The molecule has 0 aliphatic rings. The van der Waals surface area contributed by atoms with Gasteiger partial charge in [-0.2, -0.15) is 0 Å². The van der Waals surface area contributed by atoms with Crippen molar-refractivity contribution < 1.29 is 20.3 Å². The van der Waals surface area contributed by atoms with Gasteiger partial charge >= 0.3 is 18.9 Å². The molecule has 0 bridgehead atoms. The largest absolute Gasteiger partial charge is 1.00 e. The van der Waals surface area contributed by atoms with E-state index in [-0.39, 0.29) is 20.3 Å². The van der Waals surface area contributed by atoms with Crippen molar-refractivity contribution in [3.05, 3.63) is 0 Å². The van der Waals surface area contributed by atoms with Gasteiger partial charge in [0.2, 0.25) is 0 Å². The molecule has 0 nitrogen and oxygen atoms in total. The fraction of sp³-hybridized carbons (Fsp3) is 1.00. The van der Waals surface area contributed by atoms with Crippen molar-refractivity contribution in [2.75, 3.05) is 5.88 Å². The van der Waals surface area contributed by atoms with E-state index in [1.165, 1.54) is 6.42 Å². The molecule has 0 unspecified atom stereocenters. The predicted octanol–water partition coefficient (Wildman–Crippen LogP) is -0.858. The summed E-state index contributed by atoms with van der Waals surface area (Å²) >= 11 is 5.30. The molecule has 34 valence electrons. The van der Waals surface area contributed by atoms with Crippen LogP contribution in [-0.4, -0.2) is 5.88 Å². The quantitative estimate of drug-likeness (QED) is 0.313. The Bertz CT molecular complexity index is 19.2. The second-order valence-corrected chi connectivity index (χ2v) is 1.42. The maximum Gasteiger partial charge on any atom is 1.00 e. The third-order valence-corrected chi connectivity index (χ3v) is 0.754. The van der Waals surface area contributed by atoms with Crippen LogP contribution in [0.3, 0.4) is 0 Å². The van der Waals surface area contributed by atoms with Crippen LogP contribution in [0.2, 0.25) is 0 Å². The summed E-state index contributed by atoms with van der Waals surface area (Å²) in [7, 11) is 0. The summed E-state index contributed by atoms with van der Waals surface area (Å²) < 4.78 is 0. The molecule has 2 heteroatoms. The molecular formula is C4H10ClLi. The van der Waals surface area contributed by atoms with Crippen LogP contribution in [0.25, 0.3) is 0 Å². The van der Waals surface area contributed by atoms with E-state index < -0.39 is 0 Å². The minimum atomic E-state index is 0. The van der Waals surface area contributed by atoms with Crippen molar-refractivity contribution in [1.29, 1.82) is 0 Å². The fourth-order valence-corrected chi connectivity index (χ4v) is 0.401. The first-order chi connectivity index (χ1) is 2.41. The van der Waals surface area contributed by atoms with E-state index in [0.29, 0.717) is 0 Å². The number of alkyl halides is 1. The topological polar surface area (TPSA) is 0 Å². The number of unbranched alkanes of at least 4 members (excludes halogenated alkanes) is 1. The van der Waals surface area contributed by atoms with E-state index in [2.05, 4.69) is 6.92 Å². The normalized spacial score (nSPS) is 7.00. The molecule has 0 atom stereocenters. The van der Waals surface area contributed by atoms with Gasteiger partial charge in [0.05, 0.1) is 0 Å². The van der Waals surface area contributed by atoms with E-state index in [1.807, 2.05) is 0 Å². The minimum Gasteiger partial charge on any atom is -1.00 e. The van der Waals surface area contributed by atoms with Crippen LogP contribution in [0.4, 0.5) is 0 Å². The Morgan fingerprint density at radius 3 is 2.17 bits per heavy atom. The molecule has 0 saturated heterocycles. The molecule has 0 fully saturated rings. The predicted molar refractivity (Wildman–Crippen MR) is 26.7 cm³/mol. The number of hydrogen-bond donors (Lipinski definition) is 0. The van der Waals surface area contributed by atoms with Gasteiger partial charge < -0.3 is 1.43 Å². The van der Waals surface area contributed by atoms with Gasteiger partial charge in [0.25, 0.3) is 0 Å². The van der Waals surface area contributed by atoms with Crippen LogP contribution in [0.15, 0.2) is 0 Å². The average Bonchev–Trinajstić information content (AvgIpc) is 1.41. The van der Waals surface area contributed by atoms with Crippen LogP contribution in [0.5, 0.6) is 0 Å². The standard InChI is InChI=1S/C4H9Cl.Li.H/c1-2-3-4-5;;/h2-4H2,1H3;;/q;+1;-1. The summed E-state index contributed by atoms with van der Waals surface area (Å²) in [5.41, 5.74) is 0. The Morgan fingerprint density at radius 2 is 2.17 bits per heavy atom. The van der Waals surface area contributed by atoms with Gasteiger partial charge in [-0.05, 0) is 6.42 Å². The van der Waals surface area contributed by atoms with Crippen molar-refractivity contribution >= 4 is 11.6 Å². The van der Waals surface area contributed by atoms with Gasteiger partial charge in [-0.25, -0.2) is 0 Å². The molecule has 6 heavy (non-hydrogen) atoms. The number of halogens is 1. The molecule has 0 aromatic heterocycles. The molecule has 0 N–H and O–H groups in total. The maximum absolute atomic E-state index is 5.30. The number of hydrogen-bond acceptors (Lipinski definition) is 0. The molecule has 0 rings (SSSR count). The summed E-state index contributed by atoms with van der Waals surface area (Å²) in [6.45, 7) is 2.13. The Labute approximate surface area is 57.9 Å². The van der Waals surface area contributed by atoms with Gasteiger partial charge in [0.15, 0.2) is 0 Å². The molecule has 0 aromatic carbocycles. The smallest absolute Gasteiger partial charge is 1.00 e. The second-order valence-electron chi connectivity index (χ2n) is 1.04. The van der Waals surface area contributed by atoms with E-state index in [1.54, 1.807) is 0 Å². The Balaban J connectivity index is -0.0000000800. The molecule has 0 amide bonds. The summed E-state index contributed by atoms with van der Waals surface area (Å²) in [5.74, 6) is 0.816. The zero-order chi connectivity index (χ0) is 4.12. The zero-order valence-electron chi connectivity index (χ0n) is 5.50. The molecule has 0 aromatic rings. The van der Waals surface area contributed by atoms with Crippen LogP contribution in [-0.2, 0) is 0 Å². The fourth-order valence-electron chi connectivity index (χ4n) is 0.134. The zero-order valence-corrected chi connectivity index (χ0v) is 5.26. The van der Waals surface area contributed by atoms with Gasteiger partial charge in [-0.15, -0.1) is 11.6 Å². The first-order valence-electron chi connectivity index (χ1n) is 1.97. The third kappa shape index (κ3) is 8.86. The maximum atomic E-state index is 5.30. The first kappa shape index (κ1) is 9.99. The summed E-state index contributed by atoms with van der Waals surface area (Å²) in [6.07, 6.45) is 2.37. The summed E-state index contributed by atoms with van der Waals surface area (Å²) in [4.78, 5) is 0. The molecule has 0 saturated carbocycles. The molecule has 0 radical (unpaired) electrons. The molecule has 0 aliphatic carbocycles. The molecular weight excluding hydrogens is 90.4 g/mol. The second kappa shape index (κ2) is 9.31. The van der Waals surface area contributed by atoms with Crippen molar-refractivity contribution in [2.24, 2.45) is 0 Å². The monoisotopic (exact) mass is 100 g/mol. The van der Waals surface area contributed by atoms with Gasteiger partial charge in [-0.3, -0.25) is 0 Å². The minimum absolute atomic E-state index is 0. The Hall–Kier alpha value is 0.887. The van der Waals surface area contributed by atoms with Crippen molar-refractivity contribution in [3.63, 3.8) is 0 Å². The van der Waals surface area contributed by atoms with E-state index >= 15 is 0 Å². The van der Waals surface area contributed by atoms with Gasteiger partial charge in [-0.1, -0.05) is 13.3 Å². The van der Waals surface area contributed by atoms with Crippen molar-refractivity contribution in [1.82, 2.24) is 0 Å². The van der Waals surface area contributed by atoms with E-state index in [9.17, 15) is 0 Å². The van der Waals surface area contributed by atoms with Crippen LogP contribution >= 0.6 is 11.6 Å². The molecule has 0 spiro atoms. The van der Waals surface area contributed by atoms with Gasteiger partial charge in [0, 0.05) is 5.88 Å². The van der Waals surface area contributed by atoms with E-state index in [4.69, 9.17) is 11.6 Å². The first-order valence-corrected chi connectivity index (χ1v) is 2.51. The Morgan fingerprint density at radius 1 is 1.67 bits per heavy atom. The van der Waals surface area contributed by atoms with Gasteiger partial charge in [0.1, 0.15) is 0 Å². The summed E-state index contributed by atoms with van der Waals surface area (Å²) in [6, 6.07) is 0. The van der Waals surface area contributed by atoms with Crippen LogP contribution < -0.4 is 18.9 Å². The van der Waals surface area contributed by atoms with Crippen LogP contribution in [0.1, 0.15) is 21.2 Å². The van der Waals surface area contributed by atoms with Crippen molar-refractivity contribution in [3.8, 4) is 0 Å². The molecule has 0 aliphatic heterocycles. The van der Waals surface area contributed by atoms with E-state index in [0.717, 1.165) is 12.3 Å². The SMILES string of the molecule is CCCCCl.[H-].[Li+]. The molecule has 0 heterocycles. The van der Waals surface area contributed by atoms with Crippen LogP contribution in [0, 0.1) is 0 Å². The average molecular weight is 101 g/mol. The third-order valence-electron chi connectivity index (χ3n) is 0.487. The van der Waals surface area contributed by atoms with Crippen molar-refractivity contribution in [2.45, 2.75) is 19.8 Å². The Kier molecular flexibility index (Phi) is 15.5.